The molecule has 3 rings (SSSR count). The average Bonchev–Trinajstić information content (AvgIpc) is 2.36. The molecule has 0 bridgehead atoms. The van der Waals surface area contributed by atoms with Gasteiger partial charge < -0.3 is 9.52 Å². The quantitative estimate of drug-likeness (QED) is 0.825. The van der Waals surface area contributed by atoms with Crippen LogP contribution < -0.4 is 5.43 Å². The molecule has 18 heavy (non-hydrogen) atoms. The molecule has 0 unspecified atom stereocenters. The van der Waals surface area contributed by atoms with Gasteiger partial charge in [0.25, 0.3) is 0 Å². The van der Waals surface area contributed by atoms with Gasteiger partial charge in [0.1, 0.15) is 17.1 Å². The van der Waals surface area contributed by atoms with E-state index in [1.165, 1.54) is 12.1 Å². The molecule has 0 fully saturated rings. The molecular weight excluding hydrogens is 234 g/mol. The molecule has 1 aliphatic heterocycles. The molecule has 0 amide bonds. The molecule has 0 aromatic heterocycles. The number of fused-ring (bicyclic) bond motifs is 2. The standard InChI is InChI=1S/C13H9NO4/c15-9-6-5-8-12(11(9)13(16)17)18-10-4-2-1-3-7(10)14-8/h1,3,5-6H,2,4H2,(H,16,17). The summed E-state index contributed by atoms with van der Waals surface area (Å²) in [5, 5.41) is 9.07. The van der Waals surface area contributed by atoms with Gasteiger partial charge in [-0.2, -0.15) is 0 Å². The Kier molecular flexibility index (Phi) is 2.26. The SMILES string of the molecule is O=C(O)c1c2oc3c(nc-2ccc1=O)C=CCC3. The minimum absolute atomic E-state index is 0.0593. The van der Waals surface area contributed by atoms with Crippen LogP contribution in [0.3, 0.4) is 0 Å². The van der Waals surface area contributed by atoms with Crippen LogP contribution >= 0.6 is 0 Å². The largest absolute Gasteiger partial charge is 0.477 e. The van der Waals surface area contributed by atoms with Crippen molar-refractivity contribution in [2.75, 3.05) is 0 Å². The van der Waals surface area contributed by atoms with Crippen molar-refractivity contribution >= 4 is 12.0 Å². The lowest BCUT2D eigenvalue weighted by Crippen LogP contribution is -2.17. The minimum atomic E-state index is -1.29. The molecule has 0 aromatic carbocycles. The summed E-state index contributed by atoms with van der Waals surface area (Å²) in [5.41, 5.74) is 0.172. The number of carboxylic acid groups (broad SMARTS) is 1. The lowest BCUT2D eigenvalue weighted by atomic mass is 10.1. The van der Waals surface area contributed by atoms with Crippen molar-refractivity contribution in [3.63, 3.8) is 0 Å². The van der Waals surface area contributed by atoms with Crippen LogP contribution in [0.4, 0.5) is 0 Å². The molecule has 3 aliphatic rings. The third kappa shape index (κ3) is 1.52. The van der Waals surface area contributed by atoms with Gasteiger partial charge in [-0.25, -0.2) is 9.78 Å². The second-order valence-electron chi connectivity index (χ2n) is 4.06. The van der Waals surface area contributed by atoms with Gasteiger partial charge >= 0.3 is 5.97 Å². The molecule has 2 aliphatic carbocycles. The van der Waals surface area contributed by atoms with Gasteiger partial charge in [-0.3, -0.25) is 4.79 Å². The summed E-state index contributed by atoms with van der Waals surface area (Å²) >= 11 is 0. The van der Waals surface area contributed by atoms with Crippen LogP contribution in [0.5, 0.6) is 0 Å². The van der Waals surface area contributed by atoms with E-state index in [2.05, 4.69) is 4.98 Å². The van der Waals surface area contributed by atoms with Gasteiger partial charge in [-0.05, 0) is 24.6 Å². The maximum Gasteiger partial charge on any atom is 0.343 e. The summed E-state index contributed by atoms with van der Waals surface area (Å²) in [7, 11) is 0. The summed E-state index contributed by atoms with van der Waals surface area (Å²) in [4.78, 5) is 27.0. The number of aromatic carboxylic acids is 1. The summed E-state index contributed by atoms with van der Waals surface area (Å²) in [6, 6.07) is 2.68. The summed E-state index contributed by atoms with van der Waals surface area (Å²) in [6.07, 6.45) is 5.31. The molecule has 5 heteroatoms. The van der Waals surface area contributed by atoms with Gasteiger partial charge in [-0.15, -0.1) is 0 Å². The molecule has 0 radical (unpaired) electrons. The Labute approximate surface area is 102 Å². The Hall–Kier alpha value is -2.43. The van der Waals surface area contributed by atoms with Crippen LogP contribution in [0.1, 0.15) is 28.2 Å². The number of allylic oxidation sites excluding steroid dienone is 1. The molecule has 5 nitrogen and oxygen atoms in total. The van der Waals surface area contributed by atoms with Gasteiger partial charge in [0, 0.05) is 6.42 Å². The summed E-state index contributed by atoms with van der Waals surface area (Å²) in [5.74, 6) is -0.607. The predicted octanol–water partition coefficient (Wildman–Crippen LogP) is 1.80. The van der Waals surface area contributed by atoms with E-state index in [0.29, 0.717) is 23.6 Å². The van der Waals surface area contributed by atoms with Crippen LogP contribution in [-0.4, -0.2) is 16.1 Å². The number of aromatic nitrogens is 1. The highest BCUT2D eigenvalue weighted by Crippen LogP contribution is 2.28. The van der Waals surface area contributed by atoms with Crippen molar-refractivity contribution in [3.8, 4) is 11.5 Å². The number of hydrogen-bond donors (Lipinski definition) is 1. The first-order valence-corrected chi connectivity index (χ1v) is 5.53. The Bertz CT molecular complexity index is 699. The van der Waals surface area contributed by atoms with E-state index in [1.54, 1.807) is 0 Å². The van der Waals surface area contributed by atoms with Crippen molar-refractivity contribution in [2.24, 2.45) is 0 Å². The second kappa shape index (κ2) is 3.80. The highest BCUT2D eigenvalue weighted by molar-refractivity contribution is 5.94. The number of rotatable bonds is 1. The molecule has 1 N–H and O–H groups in total. The van der Waals surface area contributed by atoms with E-state index in [-0.39, 0.29) is 11.3 Å². The van der Waals surface area contributed by atoms with E-state index >= 15 is 0 Å². The fourth-order valence-electron chi connectivity index (χ4n) is 2.03. The maximum atomic E-state index is 11.6. The van der Waals surface area contributed by atoms with Crippen molar-refractivity contribution < 1.29 is 14.3 Å². The maximum absolute atomic E-state index is 11.6. The average molecular weight is 243 g/mol. The lowest BCUT2D eigenvalue weighted by Gasteiger charge is -2.13. The first-order chi connectivity index (χ1) is 8.66. The predicted molar refractivity (Wildman–Crippen MR) is 63.7 cm³/mol. The van der Waals surface area contributed by atoms with E-state index < -0.39 is 11.4 Å². The normalized spacial score (nSPS) is 13.6. The van der Waals surface area contributed by atoms with Gasteiger partial charge in [-0.1, -0.05) is 6.08 Å². The topological polar surface area (TPSA) is 80.4 Å². The Morgan fingerprint density at radius 2 is 2.22 bits per heavy atom. The van der Waals surface area contributed by atoms with Gasteiger partial charge in [0.15, 0.2) is 16.8 Å². The fraction of sp³-hybridized carbons (Fsp3) is 0.154. The Morgan fingerprint density at radius 3 is 3.00 bits per heavy atom. The molecule has 0 saturated carbocycles. The number of aryl methyl sites for hydroxylation is 1. The smallest absolute Gasteiger partial charge is 0.343 e. The zero-order valence-corrected chi connectivity index (χ0v) is 9.34. The second-order valence-corrected chi connectivity index (χ2v) is 4.06. The van der Waals surface area contributed by atoms with Crippen molar-refractivity contribution in [3.05, 3.63) is 45.4 Å². The fourth-order valence-corrected chi connectivity index (χ4v) is 2.03. The number of nitrogens with zero attached hydrogens (tertiary/aromatic N) is 1. The molecule has 0 aromatic rings. The molecule has 90 valence electrons. The van der Waals surface area contributed by atoms with E-state index in [4.69, 9.17) is 9.52 Å². The van der Waals surface area contributed by atoms with Crippen LogP contribution in [-0.2, 0) is 6.42 Å². The van der Waals surface area contributed by atoms with Crippen molar-refractivity contribution in [1.82, 2.24) is 4.98 Å². The summed E-state index contributed by atoms with van der Waals surface area (Å²) < 4.78 is 5.56. The van der Waals surface area contributed by atoms with Crippen LogP contribution in [0.25, 0.3) is 17.5 Å². The molecule has 1 heterocycles. The molecular formula is C13H9NO4. The van der Waals surface area contributed by atoms with Gasteiger partial charge in [0.05, 0.1) is 0 Å². The van der Waals surface area contributed by atoms with E-state index in [0.717, 1.165) is 6.42 Å². The molecule has 0 atom stereocenters. The highest BCUT2D eigenvalue weighted by atomic mass is 16.4. The van der Waals surface area contributed by atoms with Crippen LogP contribution in [0.2, 0.25) is 0 Å². The van der Waals surface area contributed by atoms with Crippen molar-refractivity contribution in [2.45, 2.75) is 12.8 Å². The zero-order valence-electron chi connectivity index (χ0n) is 9.34. The van der Waals surface area contributed by atoms with Crippen LogP contribution in [0.15, 0.2) is 27.4 Å². The van der Waals surface area contributed by atoms with E-state index in [9.17, 15) is 9.59 Å². The molecule has 0 saturated heterocycles. The monoisotopic (exact) mass is 243 g/mol. The zero-order chi connectivity index (χ0) is 12.7. The third-order valence-electron chi connectivity index (χ3n) is 2.88. The highest BCUT2D eigenvalue weighted by Gasteiger charge is 2.23. The van der Waals surface area contributed by atoms with Crippen molar-refractivity contribution in [1.29, 1.82) is 0 Å². The Balaban J connectivity index is 2.38. The van der Waals surface area contributed by atoms with Gasteiger partial charge in [0.2, 0.25) is 0 Å². The first kappa shape index (κ1) is 10.7. The molecule has 0 spiro atoms. The lowest BCUT2D eigenvalue weighted by molar-refractivity contribution is 0.0694. The minimum Gasteiger partial charge on any atom is -0.477 e. The number of hydrogen-bond acceptors (Lipinski definition) is 4. The van der Waals surface area contributed by atoms with E-state index in [1.807, 2.05) is 12.2 Å². The first-order valence-electron chi connectivity index (χ1n) is 5.53. The Morgan fingerprint density at radius 1 is 1.39 bits per heavy atom. The number of carbonyl (C=O) groups is 1. The summed E-state index contributed by atoms with van der Waals surface area (Å²) in [6.45, 7) is 0. The van der Waals surface area contributed by atoms with Crippen LogP contribution in [0, 0.1) is 0 Å². The number of carboxylic acids is 1. The third-order valence-corrected chi connectivity index (χ3v) is 2.88. The number of benzene rings is 1.